The number of rotatable bonds is 4. The van der Waals surface area contributed by atoms with Crippen LogP contribution in [-0.2, 0) is 11.2 Å². The van der Waals surface area contributed by atoms with E-state index < -0.39 is 35.0 Å². The third-order valence-corrected chi connectivity index (χ3v) is 5.50. The van der Waals surface area contributed by atoms with Crippen molar-refractivity contribution in [2.24, 2.45) is 11.3 Å². The number of carbonyl (C=O) groups is 2. The van der Waals surface area contributed by atoms with Gasteiger partial charge >= 0.3 is 5.97 Å². The van der Waals surface area contributed by atoms with E-state index in [-0.39, 0.29) is 17.3 Å². The van der Waals surface area contributed by atoms with Gasteiger partial charge in [-0.3, -0.25) is 4.79 Å². The number of nitrogens with zero attached hydrogens (tertiary/aromatic N) is 2. The van der Waals surface area contributed by atoms with E-state index in [2.05, 4.69) is 10.4 Å². The molecule has 1 saturated carbocycles. The van der Waals surface area contributed by atoms with Crippen molar-refractivity contribution in [1.29, 1.82) is 0 Å². The summed E-state index contributed by atoms with van der Waals surface area (Å²) in [5.74, 6) is -2.59. The quantitative estimate of drug-likeness (QED) is 0.842. The van der Waals surface area contributed by atoms with E-state index >= 15 is 0 Å². The number of aromatic nitrogens is 2. The smallest absolute Gasteiger partial charge is 0.326 e. The van der Waals surface area contributed by atoms with Gasteiger partial charge in [-0.1, -0.05) is 20.8 Å². The van der Waals surface area contributed by atoms with Crippen LogP contribution >= 0.6 is 0 Å². The third kappa shape index (κ3) is 2.96. The molecule has 1 fully saturated rings. The zero-order valence-corrected chi connectivity index (χ0v) is 15.8. The van der Waals surface area contributed by atoms with Crippen LogP contribution in [0.25, 0.3) is 5.69 Å². The standard InChI is InChI=1S/C20H21F2N3O3/c1-20(2,3)17(19(27)28)23-18(26)15-12-7-9-6-11(9)16(12)25(24-15)14-5-4-10(21)8-13(14)22/h4-5,8-9,11,17H,6-7H2,1-3H3,(H,23,26)(H,27,28)/t9-,11-,17?/m1/s1. The van der Waals surface area contributed by atoms with E-state index in [1.54, 1.807) is 20.8 Å². The van der Waals surface area contributed by atoms with Gasteiger partial charge in [0.15, 0.2) is 11.5 Å². The number of hydrogen-bond donors (Lipinski definition) is 2. The minimum Gasteiger partial charge on any atom is -0.480 e. The fraction of sp³-hybridized carbons (Fsp3) is 0.450. The second-order valence-corrected chi connectivity index (χ2v) is 8.64. The molecule has 4 rings (SSSR count). The van der Waals surface area contributed by atoms with Crippen molar-refractivity contribution in [3.8, 4) is 5.69 Å². The normalized spacial score (nSPS) is 21.0. The van der Waals surface area contributed by atoms with Gasteiger partial charge in [-0.05, 0) is 36.3 Å². The first-order valence-corrected chi connectivity index (χ1v) is 9.19. The first-order valence-electron chi connectivity index (χ1n) is 9.19. The van der Waals surface area contributed by atoms with Crippen LogP contribution in [0.2, 0.25) is 0 Å². The van der Waals surface area contributed by atoms with Crippen LogP contribution in [0.5, 0.6) is 0 Å². The Balaban J connectivity index is 1.74. The van der Waals surface area contributed by atoms with Crippen molar-refractivity contribution in [2.75, 3.05) is 0 Å². The van der Waals surface area contributed by atoms with E-state index in [1.165, 1.54) is 10.7 Å². The molecule has 1 heterocycles. The Hall–Kier alpha value is -2.77. The Labute approximate surface area is 160 Å². The van der Waals surface area contributed by atoms with Gasteiger partial charge in [0.2, 0.25) is 0 Å². The van der Waals surface area contributed by atoms with E-state index in [0.29, 0.717) is 12.3 Å². The lowest BCUT2D eigenvalue weighted by molar-refractivity contribution is -0.142. The minimum absolute atomic E-state index is 0.0786. The molecule has 0 spiro atoms. The molecule has 1 amide bonds. The molecule has 0 saturated heterocycles. The number of nitrogens with one attached hydrogen (secondary N) is 1. The average molecular weight is 389 g/mol. The van der Waals surface area contributed by atoms with Crippen molar-refractivity contribution < 1.29 is 23.5 Å². The maximum atomic E-state index is 14.3. The van der Waals surface area contributed by atoms with Crippen molar-refractivity contribution in [3.63, 3.8) is 0 Å². The predicted molar refractivity (Wildman–Crippen MR) is 96.4 cm³/mol. The molecule has 2 N–H and O–H groups in total. The lowest BCUT2D eigenvalue weighted by atomic mass is 9.86. The van der Waals surface area contributed by atoms with Gasteiger partial charge in [0.25, 0.3) is 5.91 Å². The maximum Gasteiger partial charge on any atom is 0.326 e. The van der Waals surface area contributed by atoms with Crippen LogP contribution in [0.15, 0.2) is 18.2 Å². The van der Waals surface area contributed by atoms with Crippen molar-refractivity contribution in [3.05, 3.63) is 46.8 Å². The predicted octanol–water partition coefficient (Wildman–Crippen LogP) is 3.04. The molecule has 0 radical (unpaired) electrons. The molecule has 2 aromatic rings. The first kappa shape index (κ1) is 18.6. The van der Waals surface area contributed by atoms with Crippen LogP contribution in [0, 0.1) is 23.0 Å². The molecule has 0 aliphatic heterocycles. The summed E-state index contributed by atoms with van der Waals surface area (Å²) in [6.07, 6.45) is 1.60. The molecular weight excluding hydrogens is 368 g/mol. The SMILES string of the molecule is CC(C)(C)C(NC(=O)c1nn(-c2ccc(F)cc2F)c2c1C[C@H]1C[C@@H]21)C(=O)O. The van der Waals surface area contributed by atoms with E-state index in [1.807, 2.05) is 0 Å². The fourth-order valence-corrected chi connectivity index (χ4v) is 3.98. The summed E-state index contributed by atoms with van der Waals surface area (Å²) in [5, 5.41) is 16.3. The summed E-state index contributed by atoms with van der Waals surface area (Å²) in [5.41, 5.74) is 0.985. The number of amides is 1. The molecule has 3 atom stereocenters. The highest BCUT2D eigenvalue weighted by molar-refractivity contribution is 5.97. The van der Waals surface area contributed by atoms with Gasteiger partial charge in [0.1, 0.15) is 17.5 Å². The highest BCUT2D eigenvalue weighted by Gasteiger charge is 2.50. The summed E-state index contributed by atoms with van der Waals surface area (Å²) in [6, 6.07) is 2.12. The van der Waals surface area contributed by atoms with E-state index in [9.17, 15) is 23.5 Å². The maximum absolute atomic E-state index is 14.3. The zero-order chi connectivity index (χ0) is 20.4. The Morgan fingerprint density at radius 2 is 2.04 bits per heavy atom. The number of carboxylic acid groups (broad SMARTS) is 1. The summed E-state index contributed by atoms with van der Waals surface area (Å²) in [6.45, 7) is 5.16. The number of carboxylic acids is 1. The second-order valence-electron chi connectivity index (χ2n) is 8.64. The summed E-state index contributed by atoms with van der Waals surface area (Å²) in [4.78, 5) is 24.5. The number of aliphatic carboxylic acids is 1. The van der Waals surface area contributed by atoms with Crippen LogP contribution in [0.1, 0.15) is 54.9 Å². The molecule has 8 heteroatoms. The summed E-state index contributed by atoms with van der Waals surface area (Å²) >= 11 is 0. The van der Waals surface area contributed by atoms with Gasteiger partial charge in [0, 0.05) is 17.5 Å². The molecule has 148 valence electrons. The molecule has 28 heavy (non-hydrogen) atoms. The summed E-state index contributed by atoms with van der Waals surface area (Å²) in [7, 11) is 0. The number of carbonyl (C=O) groups excluding carboxylic acids is 1. The van der Waals surface area contributed by atoms with E-state index in [0.717, 1.165) is 29.8 Å². The Morgan fingerprint density at radius 3 is 2.64 bits per heavy atom. The lowest BCUT2D eigenvalue weighted by Crippen LogP contribution is -2.49. The molecular formula is C20H21F2N3O3. The molecule has 2 aliphatic carbocycles. The molecule has 1 aromatic heterocycles. The topological polar surface area (TPSA) is 84.2 Å². The second kappa shape index (κ2) is 6.12. The first-order chi connectivity index (χ1) is 13.1. The van der Waals surface area contributed by atoms with Gasteiger partial charge in [-0.15, -0.1) is 0 Å². The van der Waals surface area contributed by atoms with Gasteiger partial charge in [-0.2, -0.15) is 5.10 Å². The monoisotopic (exact) mass is 389 g/mol. The van der Waals surface area contributed by atoms with Crippen molar-refractivity contribution in [2.45, 2.75) is 45.6 Å². The van der Waals surface area contributed by atoms with Crippen LogP contribution < -0.4 is 5.32 Å². The van der Waals surface area contributed by atoms with Crippen LogP contribution in [0.4, 0.5) is 8.78 Å². The van der Waals surface area contributed by atoms with Gasteiger partial charge < -0.3 is 10.4 Å². The van der Waals surface area contributed by atoms with Crippen molar-refractivity contribution >= 4 is 11.9 Å². The fourth-order valence-electron chi connectivity index (χ4n) is 3.98. The molecule has 6 nitrogen and oxygen atoms in total. The van der Waals surface area contributed by atoms with Gasteiger partial charge in [0.05, 0.1) is 5.69 Å². The Kier molecular flexibility index (Phi) is 4.06. The highest BCUT2D eigenvalue weighted by atomic mass is 19.1. The third-order valence-electron chi connectivity index (χ3n) is 5.50. The van der Waals surface area contributed by atoms with Crippen LogP contribution in [-0.4, -0.2) is 32.8 Å². The number of hydrogen-bond acceptors (Lipinski definition) is 3. The van der Waals surface area contributed by atoms with E-state index in [4.69, 9.17) is 0 Å². The Morgan fingerprint density at radius 1 is 1.32 bits per heavy atom. The van der Waals surface area contributed by atoms with Crippen molar-refractivity contribution in [1.82, 2.24) is 15.1 Å². The number of halogens is 2. The highest BCUT2D eigenvalue weighted by Crippen LogP contribution is 2.57. The number of benzene rings is 1. The van der Waals surface area contributed by atoms with Crippen LogP contribution in [0.3, 0.4) is 0 Å². The minimum atomic E-state index is -1.13. The zero-order valence-electron chi connectivity index (χ0n) is 15.8. The average Bonchev–Trinajstić information content (AvgIpc) is 3.08. The molecule has 1 unspecified atom stereocenters. The molecule has 1 aromatic carbocycles. The van der Waals surface area contributed by atoms with Gasteiger partial charge in [-0.25, -0.2) is 18.3 Å². The summed E-state index contributed by atoms with van der Waals surface area (Å²) < 4.78 is 29.0. The number of fused-ring (bicyclic) bond motifs is 3. The Bertz CT molecular complexity index is 993. The molecule has 0 bridgehead atoms. The molecule has 2 aliphatic rings. The lowest BCUT2D eigenvalue weighted by Gasteiger charge is -2.27. The largest absolute Gasteiger partial charge is 0.480 e.